The van der Waals surface area contributed by atoms with E-state index in [-0.39, 0.29) is 18.8 Å². The molecule has 0 fully saturated rings. The van der Waals surface area contributed by atoms with Crippen molar-refractivity contribution in [3.63, 3.8) is 0 Å². The van der Waals surface area contributed by atoms with Crippen molar-refractivity contribution in [2.45, 2.75) is 13.0 Å². The van der Waals surface area contributed by atoms with Gasteiger partial charge in [-0.2, -0.15) is 0 Å². The molecule has 0 bridgehead atoms. The highest BCUT2D eigenvalue weighted by Gasteiger charge is 2.13. The van der Waals surface area contributed by atoms with Crippen molar-refractivity contribution in [2.75, 3.05) is 20.3 Å². The van der Waals surface area contributed by atoms with Gasteiger partial charge in [0.2, 0.25) is 0 Å². The third kappa shape index (κ3) is 3.80. The number of ether oxygens (including phenoxy) is 1. The molecule has 1 aromatic rings. The molecular weight excluding hydrogens is 225 g/mol. The van der Waals surface area contributed by atoms with Crippen molar-refractivity contribution in [1.29, 1.82) is 0 Å². The zero-order chi connectivity index (χ0) is 12.8. The Balaban J connectivity index is 2.72. The van der Waals surface area contributed by atoms with Crippen molar-refractivity contribution in [2.24, 2.45) is 0 Å². The maximum atomic E-state index is 13.3. The Hall–Kier alpha value is -1.46. The normalized spacial score (nSPS) is 12.2. The molecule has 0 aliphatic rings. The lowest BCUT2D eigenvalue weighted by molar-refractivity contribution is 0.0839. The molecule has 17 heavy (non-hydrogen) atoms. The summed E-state index contributed by atoms with van der Waals surface area (Å²) in [6.45, 7) is 1.60. The zero-order valence-corrected chi connectivity index (χ0v) is 9.87. The Morgan fingerprint density at radius 2 is 2.29 bits per heavy atom. The first-order chi connectivity index (χ1) is 8.08. The molecule has 0 radical (unpaired) electrons. The Labute approximate surface area is 99.4 Å². The summed E-state index contributed by atoms with van der Waals surface area (Å²) in [4.78, 5) is 11.7. The first-order valence-corrected chi connectivity index (χ1v) is 5.25. The molecule has 5 heteroatoms. The number of hydrogen-bond acceptors (Lipinski definition) is 3. The zero-order valence-electron chi connectivity index (χ0n) is 9.87. The molecule has 2 N–H and O–H groups in total. The average molecular weight is 241 g/mol. The lowest BCUT2D eigenvalue weighted by atomic mass is 10.1. The summed E-state index contributed by atoms with van der Waals surface area (Å²) in [5.74, 6) is -0.857. The van der Waals surface area contributed by atoms with Gasteiger partial charge in [0.05, 0.1) is 19.3 Å². The second kappa shape index (κ2) is 6.32. The van der Waals surface area contributed by atoms with Gasteiger partial charge in [-0.3, -0.25) is 4.79 Å². The predicted octanol–water partition coefficient (Wildman–Crippen LogP) is 0.871. The first-order valence-electron chi connectivity index (χ1n) is 5.25. The smallest absolute Gasteiger partial charge is 0.251 e. The number of carbonyl (C=O) groups excluding carboxylic acids is 1. The standard InChI is InChI=1S/C12H16FNO3/c1-8-3-4-9(5-11(8)13)12(16)14-10(6-15)7-17-2/h3-5,10,15H,6-7H2,1-2H3,(H,14,16). The maximum Gasteiger partial charge on any atom is 0.251 e. The van der Waals surface area contributed by atoms with E-state index in [1.54, 1.807) is 6.92 Å². The summed E-state index contributed by atoms with van der Waals surface area (Å²) in [6.07, 6.45) is 0. The highest BCUT2D eigenvalue weighted by molar-refractivity contribution is 5.94. The minimum absolute atomic E-state index is 0.205. The fraction of sp³-hybridized carbons (Fsp3) is 0.417. The third-order valence-corrected chi connectivity index (χ3v) is 2.36. The predicted molar refractivity (Wildman–Crippen MR) is 61.4 cm³/mol. The quantitative estimate of drug-likeness (QED) is 0.804. The van der Waals surface area contributed by atoms with E-state index >= 15 is 0 Å². The molecule has 1 atom stereocenters. The largest absolute Gasteiger partial charge is 0.394 e. The minimum Gasteiger partial charge on any atom is -0.394 e. The van der Waals surface area contributed by atoms with Crippen LogP contribution < -0.4 is 5.32 Å². The van der Waals surface area contributed by atoms with Gasteiger partial charge >= 0.3 is 0 Å². The second-order valence-corrected chi connectivity index (χ2v) is 3.77. The first kappa shape index (κ1) is 13.6. The van der Waals surface area contributed by atoms with Crippen LogP contribution in [0.1, 0.15) is 15.9 Å². The Morgan fingerprint density at radius 1 is 1.59 bits per heavy atom. The van der Waals surface area contributed by atoms with E-state index in [4.69, 9.17) is 9.84 Å². The molecule has 4 nitrogen and oxygen atoms in total. The van der Waals surface area contributed by atoms with Crippen LogP contribution in [0, 0.1) is 12.7 Å². The van der Waals surface area contributed by atoms with Crippen LogP contribution in [0.4, 0.5) is 4.39 Å². The fourth-order valence-electron chi connectivity index (χ4n) is 1.34. The summed E-state index contributed by atoms with van der Waals surface area (Å²) in [5.41, 5.74) is 0.708. The number of benzene rings is 1. The van der Waals surface area contributed by atoms with Gasteiger partial charge in [-0.05, 0) is 24.6 Å². The van der Waals surface area contributed by atoms with E-state index in [9.17, 15) is 9.18 Å². The summed E-state index contributed by atoms with van der Waals surface area (Å²) in [6, 6.07) is 3.76. The van der Waals surface area contributed by atoms with E-state index in [2.05, 4.69) is 5.32 Å². The van der Waals surface area contributed by atoms with Gasteiger partial charge in [-0.1, -0.05) is 6.07 Å². The van der Waals surface area contributed by atoms with Crippen molar-refractivity contribution in [1.82, 2.24) is 5.32 Å². The monoisotopic (exact) mass is 241 g/mol. The van der Waals surface area contributed by atoms with Crippen LogP contribution in [0.2, 0.25) is 0 Å². The van der Waals surface area contributed by atoms with E-state index in [1.807, 2.05) is 0 Å². The molecule has 0 aliphatic carbocycles. The van der Waals surface area contributed by atoms with Crippen molar-refractivity contribution in [3.8, 4) is 0 Å². The van der Waals surface area contributed by atoms with Gasteiger partial charge in [-0.25, -0.2) is 4.39 Å². The van der Waals surface area contributed by atoms with E-state index < -0.39 is 17.8 Å². The number of rotatable bonds is 5. The average Bonchev–Trinajstić information content (AvgIpc) is 2.31. The molecule has 94 valence electrons. The molecule has 1 unspecified atom stereocenters. The summed E-state index contributed by atoms with van der Waals surface area (Å²) < 4.78 is 18.1. The van der Waals surface area contributed by atoms with Crippen LogP contribution in [0.25, 0.3) is 0 Å². The number of aliphatic hydroxyl groups excluding tert-OH is 1. The number of aryl methyl sites for hydroxylation is 1. The lowest BCUT2D eigenvalue weighted by Crippen LogP contribution is -2.40. The molecule has 0 heterocycles. The van der Waals surface area contributed by atoms with Crippen molar-refractivity contribution in [3.05, 3.63) is 35.1 Å². The van der Waals surface area contributed by atoms with E-state index in [0.29, 0.717) is 5.56 Å². The molecular formula is C12H16FNO3. The van der Waals surface area contributed by atoms with Gasteiger partial charge in [0, 0.05) is 12.7 Å². The summed E-state index contributed by atoms with van der Waals surface area (Å²) in [5, 5.41) is 11.5. The maximum absolute atomic E-state index is 13.3. The van der Waals surface area contributed by atoms with Crippen LogP contribution in [-0.2, 0) is 4.74 Å². The summed E-state index contributed by atoms with van der Waals surface area (Å²) in [7, 11) is 1.47. The third-order valence-electron chi connectivity index (χ3n) is 2.36. The lowest BCUT2D eigenvalue weighted by Gasteiger charge is -2.15. The molecule has 0 spiro atoms. The van der Waals surface area contributed by atoms with Gasteiger partial charge in [0.25, 0.3) is 5.91 Å². The molecule has 1 aromatic carbocycles. The van der Waals surface area contributed by atoms with Crippen LogP contribution in [0.3, 0.4) is 0 Å². The van der Waals surface area contributed by atoms with Gasteiger partial charge in [0.15, 0.2) is 0 Å². The highest BCUT2D eigenvalue weighted by atomic mass is 19.1. The fourth-order valence-corrected chi connectivity index (χ4v) is 1.34. The van der Waals surface area contributed by atoms with Gasteiger partial charge in [-0.15, -0.1) is 0 Å². The van der Waals surface area contributed by atoms with Gasteiger partial charge < -0.3 is 15.2 Å². The van der Waals surface area contributed by atoms with Crippen LogP contribution >= 0.6 is 0 Å². The highest BCUT2D eigenvalue weighted by Crippen LogP contribution is 2.09. The van der Waals surface area contributed by atoms with Crippen molar-refractivity contribution < 1.29 is 19.0 Å². The Kier molecular flexibility index (Phi) is 5.06. The Morgan fingerprint density at radius 3 is 2.82 bits per heavy atom. The number of hydrogen-bond donors (Lipinski definition) is 2. The Bertz CT molecular complexity index is 395. The molecule has 0 saturated carbocycles. The van der Waals surface area contributed by atoms with Gasteiger partial charge in [0.1, 0.15) is 5.82 Å². The molecule has 1 rings (SSSR count). The number of methoxy groups -OCH3 is 1. The summed E-state index contributed by atoms with van der Waals surface area (Å²) >= 11 is 0. The number of carbonyl (C=O) groups is 1. The van der Waals surface area contributed by atoms with E-state index in [1.165, 1.54) is 25.3 Å². The van der Waals surface area contributed by atoms with Crippen LogP contribution in [-0.4, -0.2) is 37.4 Å². The topological polar surface area (TPSA) is 58.6 Å². The van der Waals surface area contributed by atoms with Crippen molar-refractivity contribution >= 4 is 5.91 Å². The minimum atomic E-state index is -0.489. The van der Waals surface area contributed by atoms with E-state index in [0.717, 1.165) is 0 Å². The molecule has 0 aromatic heterocycles. The number of amides is 1. The molecule has 1 amide bonds. The second-order valence-electron chi connectivity index (χ2n) is 3.77. The SMILES string of the molecule is COCC(CO)NC(=O)c1ccc(C)c(F)c1. The number of halogens is 1. The number of nitrogens with one attached hydrogen (secondary N) is 1. The number of aliphatic hydroxyl groups is 1. The molecule has 0 aliphatic heterocycles. The van der Waals surface area contributed by atoms with Crippen LogP contribution in [0.15, 0.2) is 18.2 Å². The van der Waals surface area contributed by atoms with Crippen LogP contribution in [0.5, 0.6) is 0 Å². The molecule has 0 saturated heterocycles.